The van der Waals surface area contributed by atoms with Crippen molar-refractivity contribution in [2.45, 2.75) is 18.6 Å². The summed E-state index contributed by atoms with van der Waals surface area (Å²) in [6, 6.07) is 10.2. The van der Waals surface area contributed by atoms with Crippen molar-refractivity contribution in [2.75, 3.05) is 13.1 Å². The molecule has 28 heavy (non-hydrogen) atoms. The molecule has 0 bridgehead atoms. The van der Waals surface area contributed by atoms with Crippen molar-refractivity contribution in [2.24, 2.45) is 0 Å². The number of rotatable bonds is 3. The van der Waals surface area contributed by atoms with Crippen LogP contribution in [0.25, 0.3) is 21.7 Å². The molecular weight excluding hydrogens is 375 g/mol. The van der Waals surface area contributed by atoms with Crippen LogP contribution in [0.1, 0.15) is 16.9 Å². The van der Waals surface area contributed by atoms with Crippen LogP contribution in [0, 0.1) is 0 Å². The minimum absolute atomic E-state index is 0.151. The molecule has 1 saturated heterocycles. The quantitative estimate of drug-likeness (QED) is 0.600. The summed E-state index contributed by atoms with van der Waals surface area (Å²) in [7, 11) is 0. The highest BCUT2D eigenvalue weighted by Crippen LogP contribution is 2.37. The Morgan fingerprint density at radius 2 is 1.93 bits per heavy atom. The Hall–Kier alpha value is -3.07. The molecule has 1 aliphatic heterocycles. The standard InChI is InChI=1S/C19H16F3N3O3/c20-19(21,22)18(27)28-16-14-12-4-2-1-3-10(12)5-6-13(14)25-15(16)17(26)24-11-7-8-23-9-11/h1-6,11,23,25H,7-9H2,(H,24,26). The molecule has 3 aromatic rings. The van der Waals surface area contributed by atoms with E-state index in [1.165, 1.54) is 0 Å². The first-order valence-electron chi connectivity index (χ1n) is 8.68. The Bertz CT molecular complexity index is 1070. The van der Waals surface area contributed by atoms with Crippen LogP contribution < -0.4 is 15.4 Å². The van der Waals surface area contributed by atoms with Gasteiger partial charge >= 0.3 is 12.1 Å². The van der Waals surface area contributed by atoms with E-state index in [-0.39, 0.29) is 17.1 Å². The van der Waals surface area contributed by atoms with Gasteiger partial charge < -0.3 is 20.4 Å². The summed E-state index contributed by atoms with van der Waals surface area (Å²) in [5.41, 5.74) is 0.189. The van der Waals surface area contributed by atoms with E-state index >= 15 is 0 Å². The van der Waals surface area contributed by atoms with Gasteiger partial charge in [-0.25, -0.2) is 4.79 Å². The summed E-state index contributed by atoms with van der Waals surface area (Å²) in [4.78, 5) is 27.1. The third-order valence-electron chi connectivity index (χ3n) is 4.69. The van der Waals surface area contributed by atoms with Gasteiger partial charge in [0.2, 0.25) is 0 Å². The van der Waals surface area contributed by atoms with Crippen molar-refractivity contribution in [3.8, 4) is 5.75 Å². The Morgan fingerprint density at radius 3 is 2.64 bits per heavy atom. The number of nitrogens with one attached hydrogen (secondary N) is 3. The first-order chi connectivity index (χ1) is 13.3. The van der Waals surface area contributed by atoms with E-state index in [9.17, 15) is 22.8 Å². The Morgan fingerprint density at radius 1 is 1.14 bits per heavy atom. The number of aromatic nitrogens is 1. The molecule has 2 heterocycles. The number of hydrogen-bond acceptors (Lipinski definition) is 4. The average molecular weight is 391 g/mol. The zero-order chi connectivity index (χ0) is 19.9. The van der Waals surface area contributed by atoms with E-state index in [1.807, 2.05) is 0 Å². The lowest BCUT2D eigenvalue weighted by atomic mass is 10.1. The van der Waals surface area contributed by atoms with Gasteiger partial charge in [-0.05, 0) is 29.8 Å². The summed E-state index contributed by atoms with van der Waals surface area (Å²) in [5, 5.41) is 7.41. The summed E-state index contributed by atoms with van der Waals surface area (Å²) < 4.78 is 43.2. The van der Waals surface area contributed by atoms with Crippen molar-refractivity contribution in [3.63, 3.8) is 0 Å². The highest BCUT2D eigenvalue weighted by atomic mass is 19.4. The lowest BCUT2D eigenvalue weighted by Gasteiger charge is -2.12. The van der Waals surface area contributed by atoms with Crippen molar-refractivity contribution < 1.29 is 27.5 Å². The normalized spacial score (nSPS) is 17.2. The average Bonchev–Trinajstić information content (AvgIpc) is 3.29. The van der Waals surface area contributed by atoms with Gasteiger partial charge in [0.1, 0.15) is 5.69 Å². The lowest BCUT2D eigenvalue weighted by molar-refractivity contribution is -0.189. The monoisotopic (exact) mass is 391 g/mol. The smallest absolute Gasteiger partial charge is 0.417 e. The topological polar surface area (TPSA) is 83.2 Å². The fourth-order valence-corrected chi connectivity index (χ4v) is 3.38. The van der Waals surface area contributed by atoms with Crippen LogP contribution in [-0.4, -0.2) is 42.2 Å². The molecule has 9 heteroatoms. The third-order valence-corrected chi connectivity index (χ3v) is 4.69. The van der Waals surface area contributed by atoms with Crippen LogP contribution in [0.3, 0.4) is 0 Å². The van der Waals surface area contributed by atoms with E-state index in [2.05, 4.69) is 20.4 Å². The Labute approximate surface area is 157 Å². The molecule has 1 amide bonds. The van der Waals surface area contributed by atoms with Crippen LogP contribution in [0.5, 0.6) is 5.75 Å². The molecule has 1 fully saturated rings. The zero-order valence-corrected chi connectivity index (χ0v) is 14.5. The molecule has 2 aromatic carbocycles. The number of halogens is 3. The number of amides is 1. The van der Waals surface area contributed by atoms with E-state index in [4.69, 9.17) is 0 Å². The fourth-order valence-electron chi connectivity index (χ4n) is 3.38. The minimum atomic E-state index is -5.18. The van der Waals surface area contributed by atoms with Gasteiger partial charge in [0.25, 0.3) is 5.91 Å². The number of aromatic amines is 1. The van der Waals surface area contributed by atoms with E-state index in [1.54, 1.807) is 36.4 Å². The SMILES string of the molecule is O=C(NC1CCNC1)c1[nH]c2ccc3ccccc3c2c1OC(=O)C(F)(F)F. The van der Waals surface area contributed by atoms with Crippen LogP contribution >= 0.6 is 0 Å². The molecule has 1 atom stereocenters. The number of carbonyl (C=O) groups is 2. The van der Waals surface area contributed by atoms with Crippen LogP contribution in [0.4, 0.5) is 13.2 Å². The molecule has 146 valence electrons. The fraction of sp³-hybridized carbons (Fsp3) is 0.263. The maximum atomic E-state index is 12.8. The molecule has 1 aromatic heterocycles. The molecule has 1 unspecified atom stereocenters. The number of benzene rings is 2. The molecular formula is C19H16F3N3O3. The van der Waals surface area contributed by atoms with Crippen molar-refractivity contribution in [1.82, 2.24) is 15.6 Å². The van der Waals surface area contributed by atoms with E-state index in [0.29, 0.717) is 23.9 Å². The predicted molar refractivity (Wildman–Crippen MR) is 96.2 cm³/mol. The summed E-state index contributed by atoms with van der Waals surface area (Å²) in [6.45, 7) is 1.30. The molecule has 0 radical (unpaired) electrons. The lowest BCUT2D eigenvalue weighted by Crippen LogP contribution is -2.37. The number of fused-ring (bicyclic) bond motifs is 3. The van der Waals surface area contributed by atoms with Crippen LogP contribution in [-0.2, 0) is 4.79 Å². The molecule has 0 aliphatic carbocycles. The van der Waals surface area contributed by atoms with Gasteiger partial charge in [-0.2, -0.15) is 13.2 Å². The second-order valence-corrected chi connectivity index (χ2v) is 6.59. The van der Waals surface area contributed by atoms with Gasteiger partial charge in [-0.1, -0.05) is 30.3 Å². The van der Waals surface area contributed by atoms with Crippen LogP contribution in [0.15, 0.2) is 36.4 Å². The van der Waals surface area contributed by atoms with Gasteiger partial charge in [-0.3, -0.25) is 4.79 Å². The third kappa shape index (κ3) is 3.29. The van der Waals surface area contributed by atoms with Gasteiger partial charge in [0.05, 0.1) is 10.9 Å². The zero-order valence-electron chi connectivity index (χ0n) is 14.5. The summed E-state index contributed by atoms with van der Waals surface area (Å²) in [6.07, 6.45) is -4.48. The number of hydrogen-bond donors (Lipinski definition) is 3. The highest BCUT2D eigenvalue weighted by Gasteiger charge is 2.42. The number of carbonyl (C=O) groups excluding carboxylic acids is 2. The predicted octanol–water partition coefficient (Wildman–Crippen LogP) is 2.88. The van der Waals surface area contributed by atoms with Crippen LogP contribution in [0.2, 0.25) is 0 Å². The van der Waals surface area contributed by atoms with E-state index in [0.717, 1.165) is 11.9 Å². The van der Waals surface area contributed by atoms with Crippen molar-refractivity contribution >= 4 is 33.6 Å². The first kappa shape index (κ1) is 18.3. The first-order valence-corrected chi connectivity index (χ1v) is 8.68. The summed E-state index contributed by atoms with van der Waals surface area (Å²) >= 11 is 0. The van der Waals surface area contributed by atoms with Crippen molar-refractivity contribution in [3.05, 3.63) is 42.1 Å². The Kier molecular flexibility index (Phi) is 4.46. The number of esters is 1. The second kappa shape index (κ2) is 6.83. The molecule has 0 saturated carbocycles. The molecule has 6 nitrogen and oxygen atoms in total. The molecule has 0 spiro atoms. The molecule has 4 rings (SSSR count). The van der Waals surface area contributed by atoms with E-state index < -0.39 is 23.8 Å². The van der Waals surface area contributed by atoms with Gasteiger partial charge in [0.15, 0.2) is 5.75 Å². The molecule has 1 aliphatic rings. The molecule has 3 N–H and O–H groups in total. The number of ether oxygens (including phenoxy) is 1. The maximum absolute atomic E-state index is 12.8. The maximum Gasteiger partial charge on any atom is 0.491 e. The Balaban J connectivity index is 1.85. The largest absolute Gasteiger partial charge is 0.491 e. The van der Waals surface area contributed by atoms with Gasteiger partial charge in [0, 0.05) is 12.6 Å². The highest BCUT2D eigenvalue weighted by molar-refractivity contribution is 6.15. The van der Waals surface area contributed by atoms with Crippen molar-refractivity contribution in [1.29, 1.82) is 0 Å². The number of H-pyrrole nitrogens is 1. The second-order valence-electron chi connectivity index (χ2n) is 6.59. The van der Waals surface area contributed by atoms with Gasteiger partial charge in [-0.15, -0.1) is 0 Å². The number of alkyl halides is 3. The summed E-state index contributed by atoms with van der Waals surface area (Å²) in [5.74, 6) is -3.42. The minimum Gasteiger partial charge on any atom is -0.417 e.